The van der Waals surface area contributed by atoms with Crippen LogP contribution in [0.2, 0.25) is 19.6 Å². The van der Waals surface area contributed by atoms with Gasteiger partial charge in [0, 0.05) is 0 Å². The van der Waals surface area contributed by atoms with E-state index in [1.807, 2.05) is 0 Å². The third-order valence-electron chi connectivity index (χ3n) is 0. The summed E-state index contributed by atoms with van der Waals surface area (Å²) in [5.41, 5.74) is 0. The second-order valence-corrected chi connectivity index (χ2v) is 12.3. The first-order valence-corrected chi connectivity index (χ1v) is 7.10. The Morgan fingerprint density at radius 3 is 1.00 bits per heavy atom. The summed E-state index contributed by atoms with van der Waals surface area (Å²) in [4.78, 5) is 0. The first kappa shape index (κ1) is 15.6. The molecule has 2 N–H and O–H groups in total. The van der Waals surface area contributed by atoms with Gasteiger partial charge >= 0.3 is 41.9 Å². The summed E-state index contributed by atoms with van der Waals surface area (Å²) < 4.78 is 0. The van der Waals surface area contributed by atoms with Gasteiger partial charge in [-0.2, -0.15) is 0 Å². The van der Waals surface area contributed by atoms with Crippen LogP contribution in [-0.4, -0.2) is 33.2 Å². The molecule has 0 aromatic rings. The molecule has 7 heavy (non-hydrogen) atoms. The quantitative estimate of drug-likeness (QED) is 0.456. The fourth-order valence-corrected chi connectivity index (χ4v) is 0. The topological polar surface area (TPSA) is 60.0 Å². The first-order valence-electron chi connectivity index (χ1n) is 1.79. The third kappa shape index (κ3) is 325. The maximum atomic E-state index is 2.85. The van der Waals surface area contributed by atoms with Gasteiger partial charge in [0.25, 0.3) is 0 Å². The summed E-state index contributed by atoms with van der Waals surface area (Å²) in [6.07, 6.45) is 0. The van der Waals surface area contributed by atoms with Gasteiger partial charge in [-0.1, -0.05) is 0 Å². The van der Waals surface area contributed by atoms with Crippen molar-refractivity contribution in [2.45, 2.75) is 19.6 Å². The van der Waals surface area contributed by atoms with Crippen LogP contribution in [0.3, 0.4) is 0 Å². The van der Waals surface area contributed by atoms with Crippen molar-refractivity contribution in [1.82, 2.24) is 0 Å². The van der Waals surface area contributed by atoms with Crippen LogP contribution in [-0.2, 0) is 0 Å². The molecule has 0 aromatic carbocycles. The number of hydrogen-bond donors (Lipinski definition) is 0. The van der Waals surface area contributed by atoms with Crippen molar-refractivity contribution in [2.24, 2.45) is 0 Å². The monoisotopic (exact) mass is 134 g/mol. The molecule has 0 heterocycles. The molecule has 0 fully saturated rings. The molecule has 0 saturated heterocycles. The zero-order valence-corrected chi connectivity index (χ0v) is 7.13. The van der Waals surface area contributed by atoms with Gasteiger partial charge < -0.3 is 11.0 Å². The maximum absolute atomic E-state index is 2.85. The van der Waals surface area contributed by atoms with Gasteiger partial charge in [-0.05, 0) is 0 Å². The summed E-state index contributed by atoms with van der Waals surface area (Å²) in [6.45, 7) is 6.17. The van der Waals surface area contributed by atoms with Gasteiger partial charge in [0.15, 0.2) is 0 Å². The molecule has 0 atom stereocenters. The second-order valence-electron chi connectivity index (χ2n) is 2.37. The van der Waals surface area contributed by atoms with Crippen LogP contribution in [0.1, 0.15) is 0 Å². The standard InChI is InChI=1S/C3H9Si.Al.2H2O/c1-4(2)3;;;/h1-3H3;;2*1H2/q;+2;;/p-2. The number of rotatable bonds is 0. The molecular weight excluding hydrogens is 123 g/mol. The largest absolute Gasteiger partial charge is 0.870 e. The van der Waals surface area contributed by atoms with Gasteiger partial charge in [0.05, 0.1) is 0 Å². The van der Waals surface area contributed by atoms with E-state index in [2.05, 4.69) is 35.3 Å². The minimum absolute atomic E-state index is 0. The summed E-state index contributed by atoms with van der Waals surface area (Å²) >= 11 is 2.85. The molecule has 0 spiro atoms. The van der Waals surface area contributed by atoms with Crippen molar-refractivity contribution in [2.75, 3.05) is 0 Å². The smallest absolute Gasteiger partial charge is 0.870 e. The van der Waals surface area contributed by atoms with Crippen LogP contribution in [0.4, 0.5) is 0 Å². The van der Waals surface area contributed by atoms with Crippen molar-refractivity contribution in [3.63, 3.8) is 0 Å². The summed E-state index contributed by atoms with van der Waals surface area (Å²) in [6, 6.07) is 0. The van der Waals surface area contributed by atoms with Crippen LogP contribution >= 0.6 is 0 Å². The van der Waals surface area contributed by atoms with Gasteiger partial charge in [-0.25, -0.2) is 0 Å². The fraction of sp³-hybridized carbons (Fsp3) is 1.00. The van der Waals surface area contributed by atoms with E-state index in [0.29, 0.717) is 0 Å². The molecule has 42 valence electrons. The molecule has 0 bridgehead atoms. The van der Waals surface area contributed by atoms with Crippen molar-refractivity contribution >= 4 is 22.3 Å². The summed E-state index contributed by atoms with van der Waals surface area (Å²) in [5.74, 6) is 0. The first-order chi connectivity index (χ1) is 2.00. The van der Waals surface area contributed by atoms with Crippen LogP contribution in [0, 0.1) is 0 Å². The normalized spacial score (nSPS) is 8.71. The molecule has 0 aromatic heterocycles. The van der Waals surface area contributed by atoms with Crippen molar-refractivity contribution in [1.29, 1.82) is 0 Å². The zero-order valence-electron chi connectivity index (χ0n) is 4.97. The molecule has 0 rings (SSSR count). The molecule has 0 aliphatic heterocycles. The summed E-state index contributed by atoms with van der Waals surface area (Å²) in [5, 5.41) is 0. The van der Waals surface area contributed by atoms with E-state index in [-0.39, 0.29) is 11.0 Å². The Kier molecular flexibility index (Phi) is 10.8. The van der Waals surface area contributed by atoms with E-state index in [0.717, 1.165) is 0 Å². The van der Waals surface area contributed by atoms with E-state index in [4.69, 9.17) is 0 Å². The summed E-state index contributed by atoms with van der Waals surface area (Å²) in [7, 11) is 0. The van der Waals surface area contributed by atoms with Gasteiger partial charge in [0.2, 0.25) is 0 Å². The van der Waals surface area contributed by atoms with E-state index in [1.54, 1.807) is 0 Å². The predicted octanol–water partition coefficient (Wildman–Crippen LogP) is 0.636. The Morgan fingerprint density at radius 2 is 1.00 bits per heavy atom. The average molecular weight is 134 g/mol. The minimum atomic E-state index is -0.694. The van der Waals surface area contributed by atoms with E-state index >= 15 is 0 Å². The van der Waals surface area contributed by atoms with Gasteiger partial charge in [-0.3, -0.25) is 0 Å². The molecule has 0 radical (unpaired) electrons. The molecule has 0 unspecified atom stereocenters. The second kappa shape index (κ2) is 4.82. The Bertz CT molecular complexity index is 28.4. The average Bonchev–Trinajstić information content (AvgIpc) is 0.722. The molecule has 0 saturated carbocycles. The van der Waals surface area contributed by atoms with Crippen LogP contribution in [0.5, 0.6) is 0 Å². The van der Waals surface area contributed by atoms with Crippen LogP contribution in [0.25, 0.3) is 0 Å². The van der Waals surface area contributed by atoms with Gasteiger partial charge in [-0.15, -0.1) is 0 Å². The molecule has 2 nitrogen and oxygen atoms in total. The predicted molar refractivity (Wildman–Crippen MR) is 33.0 cm³/mol. The Balaban J connectivity index is -0.0000000800. The maximum Gasteiger partial charge on any atom is -0.870 e. The molecule has 0 aliphatic carbocycles. The van der Waals surface area contributed by atoms with E-state index < -0.39 is 6.63 Å². The molecule has 0 amide bonds. The molecule has 0 aliphatic rings. The SMILES string of the molecule is C[Si](C)(C)[Al+2].[OH-].[OH-]. The minimum Gasteiger partial charge on any atom is -0.870 e. The number of hydrogen-bond acceptors (Lipinski definition) is 2. The Labute approximate surface area is 53.4 Å². The van der Waals surface area contributed by atoms with Gasteiger partial charge in [0.1, 0.15) is 0 Å². The van der Waals surface area contributed by atoms with Crippen molar-refractivity contribution in [3.8, 4) is 0 Å². The Hall–Kier alpha value is 0.669. The van der Waals surface area contributed by atoms with E-state index in [1.165, 1.54) is 0 Å². The third-order valence-corrected chi connectivity index (χ3v) is 0. The molecule has 4 heteroatoms. The Morgan fingerprint density at radius 1 is 1.00 bits per heavy atom. The van der Waals surface area contributed by atoms with E-state index in [9.17, 15) is 0 Å². The van der Waals surface area contributed by atoms with Crippen LogP contribution < -0.4 is 0 Å². The van der Waals surface area contributed by atoms with Crippen molar-refractivity contribution in [3.05, 3.63) is 0 Å². The molecular formula is C3H11AlO2Si. The van der Waals surface area contributed by atoms with Crippen LogP contribution in [0.15, 0.2) is 0 Å². The zero-order chi connectivity index (χ0) is 4.50. The van der Waals surface area contributed by atoms with Crippen molar-refractivity contribution < 1.29 is 11.0 Å². The fourth-order valence-electron chi connectivity index (χ4n) is 0.